The second-order valence-electron chi connectivity index (χ2n) is 4.87. The number of thiazole rings is 1. The molecule has 0 amide bonds. The highest BCUT2D eigenvalue weighted by atomic mass is 32.1. The van der Waals surface area contributed by atoms with Crippen LogP contribution in [0.3, 0.4) is 0 Å². The van der Waals surface area contributed by atoms with Crippen LogP contribution in [0.4, 0.5) is 0 Å². The zero-order chi connectivity index (χ0) is 11.7. The average Bonchev–Trinajstić information content (AvgIpc) is 2.67. The first-order valence-corrected chi connectivity index (χ1v) is 7.20. The van der Waals surface area contributed by atoms with Crippen LogP contribution >= 0.6 is 11.3 Å². The smallest absolute Gasteiger partial charge is 0.0954 e. The highest BCUT2D eigenvalue weighted by Gasteiger charge is 2.26. The predicted molar refractivity (Wildman–Crippen MR) is 73.5 cm³/mol. The largest absolute Gasteiger partial charge is 0.316 e. The molecule has 1 N–H and O–H groups in total. The van der Waals surface area contributed by atoms with Crippen molar-refractivity contribution in [2.75, 3.05) is 7.05 Å². The van der Waals surface area contributed by atoms with Gasteiger partial charge in [0.1, 0.15) is 0 Å². The van der Waals surface area contributed by atoms with Gasteiger partial charge < -0.3 is 5.32 Å². The van der Waals surface area contributed by atoms with Gasteiger partial charge >= 0.3 is 0 Å². The fraction of sp³-hybridized carbons (Fsp3) is 0.500. The Labute approximate surface area is 106 Å². The lowest BCUT2D eigenvalue weighted by Crippen LogP contribution is -2.38. The molecule has 1 aliphatic rings. The molecule has 0 saturated heterocycles. The Morgan fingerprint density at radius 1 is 1.41 bits per heavy atom. The molecule has 1 fully saturated rings. The van der Waals surface area contributed by atoms with E-state index in [9.17, 15) is 0 Å². The van der Waals surface area contributed by atoms with Crippen LogP contribution in [0.1, 0.15) is 24.3 Å². The number of nitrogens with one attached hydrogen (secondary N) is 1. The summed E-state index contributed by atoms with van der Waals surface area (Å²) in [5, 5.41) is 4.74. The number of likely N-dealkylation sites (N-methyl/N-ethyl adjacent to an activating group) is 1. The summed E-state index contributed by atoms with van der Waals surface area (Å²) in [4.78, 5) is 4.72. The van der Waals surface area contributed by atoms with Gasteiger partial charge in [-0.05, 0) is 37.9 Å². The highest BCUT2D eigenvalue weighted by molar-refractivity contribution is 7.18. The minimum atomic E-state index is 0.615. The number of fused-ring (bicyclic) bond motifs is 1. The molecular weight excluding hydrogens is 228 g/mol. The lowest BCUT2D eigenvalue weighted by molar-refractivity contribution is 0.236. The first kappa shape index (κ1) is 11.2. The normalized spacial score (nSPS) is 18.2. The fourth-order valence-electron chi connectivity index (χ4n) is 2.54. The van der Waals surface area contributed by atoms with E-state index in [0.717, 1.165) is 17.9 Å². The van der Waals surface area contributed by atoms with Gasteiger partial charge in [-0.1, -0.05) is 18.6 Å². The molecule has 1 atom stereocenters. The summed E-state index contributed by atoms with van der Waals surface area (Å²) in [6.45, 7) is 0. The van der Waals surface area contributed by atoms with E-state index in [1.165, 1.54) is 29.0 Å². The molecule has 0 spiro atoms. The summed E-state index contributed by atoms with van der Waals surface area (Å²) in [6.07, 6.45) is 5.26. The van der Waals surface area contributed by atoms with Crippen molar-refractivity contribution in [1.29, 1.82) is 0 Å². The number of hydrogen-bond acceptors (Lipinski definition) is 3. The van der Waals surface area contributed by atoms with E-state index in [0.29, 0.717) is 6.04 Å². The van der Waals surface area contributed by atoms with Crippen molar-refractivity contribution in [3.8, 4) is 0 Å². The molecule has 0 aliphatic heterocycles. The van der Waals surface area contributed by atoms with Crippen molar-refractivity contribution in [3.63, 3.8) is 0 Å². The van der Waals surface area contributed by atoms with Gasteiger partial charge in [-0.3, -0.25) is 0 Å². The lowest BCUT2D eigenvalue weighted by Gasteiger charge is -2.33. The van der Waals surface area contributed by atoms with Gasteiger partial charge in [-0.2, -0.15) is 0 Å². The number of nitrogens with zero attached hydrogens (tertiary/aromatic N) is 1. The van der Waals surface area contributed by atoms with E-state index >= 15 is 0 Å². The van der Waals surface area contributed by atoms with Crippen molar-refractivity contribution in [2.45, 2.75) is 31.7 Å². The SMILES string of the molecule is CNC(Cc1nc2ccccc2s1)C1CCC1. The first-order chi connectivity index (χ1) is 8.36. The van der Waals surface area contributed by atoms with Crippen LogP contribution in [0.2, 0.25) is 0 Å². The van der Waals surface area contributed by atoms with Gasteiger partial charge in [0.05, 0.1) is 15.2 Å². The molecule has 3 rings (SSSR count). The van der Waals surface area contributed by atoms with E-state index in [4.69, 9.17) is 4.98 Å². The average molecular weight is 246 g/mol. The molecule has 1 aliphatic carbocycles. The monoisotopic (exact) mass is 246 g/mol. The van der Waals surface area contributed by atoms with Crippen LogP contribution in [0, 0.1) is 5.92 Å². The maximum Gasteiger partial charge on any atom is 0.0954 e. The molecule has 2 aromatic rings. The Morgan fingerprint density at radius 3 is 2.88 bits per heavy atom. The summed E-state index contributed by atoms with van der Waals surface area (Å²) >= 11 is 1.84. The molecule has 1 unspecified atom stereocenters. The van der Waals surface area contributed by atoms with Gasteiger partial charge in [0.15, 0.2) is 0 Å². The first-order valence-electron chi connectivity index (χ1n) is 6.38. The Bertz CT molecular complexity index is 469. The molecule has 17 heavy (non-hydrogen) atoms. The van der Waals surface area contributed by atoms with Gasteiger partial charge in [0.2, 0.25) is 0 Å². The number of hydrogen-bond donors (Lipinski definition) is 1. The van der Waals surface area contributed by atoms with Crippen LogP contribution in [0.25, 0.3) is 10.2 Å². The molecular formula is C14H18N2S. The number of aromatic nitrogens is 1. The molecule has 0 bridgehead atoms. The molecule has 1 aromatic carbocycles. The van der Waals surface area contributed by atoms with E-state index in [1.54, 1.807) is 0 Å². The summed E-state index contributed by atoms with van der Waals surface area (Å²) in [5.74, 6) is 0.868. The third-order valence-electron chi connectivity index (χ3n) is 3.82. The molecule has 3 heteroatoms. The second-order valence-corrected chi connectivity index (χ2v) is 5.98. The highest BCUT2D eigenvalue weighted by Crippen LogP contribution is 2.32. The summed E-state index contributed by atoms with van der Waals surface area (Å²) in [6, 6.07) is 9.03. The Balaban J connectivity index is 1.78. The Kier molecular flexibility index (Phi) is 3.12. The quantitative estimate of drug-likeness (QED) is 0.896. The molecule has 1 saturated carbocycles. The van der Waals surface area contributed by atoms with Gasteiger partial charge in [0, 0.05) is 12.5 Å². The maximum atomic E-state index is 4.72. The summed E-state index contributed by atoms with van der Waals surface area (Å²) in [7, 11) is 2.08. The maximum absolute atomic E-state index is 4.72. The van der Waals surface area contributed by atoms with Crippen molar-refractivity contribution in [3.05, 3.63) is 29.3 Å². The Hall–Kier alpha value is -0.930. The van der Waals surface area contributed by atoms with Gasteiger partial charge in [0.25, 0.3) is 0 Å². The minimum Gasteiger partial charge on any atom is -0.316 e. The van der Waals surface area contributed by atoms with E-state index in [1.807, 2.05) is 11.3 Å². The zero-order valence-electron chi connectivity index (χ0n) is 10.1. The van der Waals surface area contributed by atoms with Crippen molar-refractivity contribution < 1.29 is 0 Å². The van der Waals surface area contributed by atoms with Crippen LogP contribution < -0.4 is 5.32 Å². The predicted octanol–water partition coefficient (Wildman–Crippen LogP) is 3.23. The van der Waals surface area contributed by atoms with Crippen LogP contribution in [0.5, 0.6) is 0 Å². The molecule has 2 nitrogen and oxygen atoms in total. The van der Waals surface area contributed by atoms with Crippen molar-refractivity contribution in [1.82, 2.24) is 10.3 Å². The molecule has 1 heterocycles. The minimum absolute atomic E-state index is 0.615. The van der Waals surface area contributed by atoms with Gasteiger partial charge in [-0.25, -0.2) is 4.98 Å². The van der Waals surface area contributed by atoms with E-state index in [-0.39, 0.29) is 0 Å². The lowest BCUT2D eigenvalue weighted by atomic mass is 9.79. The number of para-hydroxylation sites is 1. The zero-order valence-corrected chi connectivity index (χ0v) is 11.0. The van der Waals surface area contributed by atoms with Crippen LogP contribution in [0.15, 0.2) is 24.3 Å². The molecule has 0 radical (unpaired) electrons. The topological polar surface area (TPSA) is 24.9 Å². The number of benzene rings is 1. The van der Waals surface area contributed by atoms with E-state index in [2.05, 4.69) is 36.6 Å². The van der Waals surface area contributed by atoms with E-state index < -0.39 is 0 Å². The van der Waals surface area contributed by atoms with Gasteiger partial charge in [-0.15, -0.1) is 11.3 Å². The Morgan fingerprint density at radius 2 is 2.24 bits per heavy atom. The van der Waals surface area contributed by atoms with Crippen LogP contribution in [-0.2, 0) is 6.42 Å². The summed E-state index contributed by atoms with van der Waals surface area (Å²) < 4.78 is 1.31. The number of rotatable bonds is 4. The molecule has 90 valence electrons. The van der Waals surface area contributed by atoms with Crippen molar-refractivity contribution in [2.24, 2.45) is 5.92 Å². The third kappa shape index (κ3) is 2.22. The second kappa shape index (κ2) is 4.75. The van der Waals surface area contributed by atoms with Crippen molar-refractivity contribution >= 4 is 21.6 Å². The molecule has 1 aromatic heterocycles. The fourth-order valence-corrected chi connectivity index (χ4v) is 3.57. The standard InChI is InChI=1S/C14H18N2S/c1-15-12(10-5-4-6-10)9-14-16-11-7-2-3-8-13(11)17-14/h2-3,7-8,10,12,15H,4-6,9H2,1H3. The summed E-state index contributed by atoms with van der Waals surface area (Å²) in [5.41, 5.74) is 1.15. The third-order valence-corrected chi connectivity index (χ3v) is 4.88. The van der Waals surface area contributed by atoms with Crippen LogP contribution in [-0.4, -0.2) is 18.1 Å².